The molecule has 0 fully saturated rings. The number of amides is 1. The number of hydrogen-bond acceptors (Lipinski definition) is 3. The summed E-state index contributed by atoms with van der Waals surface area (Å²) in [5.74, 6) is 0.297. The molecule has 5 nitrogen and oxygen atoms in total. The number of rotatable bonds is 5. The number of hydrogen-bond donors (Lipinski definition) is 2. The fourth-order valence-corrected chi connectivity index (χ4v) is 1.66. The van der Waals surface area contributed by atoms with E-state index in [1.165, 1.54) is 0 Å². The van der Waals surface area contributed by atoms with Gasteiger partial charge in [0.15, 0.2) is 6.61 Å². The zero-order valence-corrected chi connectivity index (χ0v) is 11.2. The van der Waals surface area contributed by atoms with Gasteiger partial charge in [-0.15, -0.1) is 0 Å². The molecule has 19 heavy (non-hydrogen) atoms. The van der Waals surface area contributed by atoms with Crippen LogP contribution in [-0.2, 0) is 11.3 Å². The highest BCUT2D eigenvalue weighted by molar-refractivity contribution is 6.32. The van der Waals surface area contributed by atoms with Crippen LogP contribution in [0.25, 0.3) is 0 Å². The Balaban J connectivity index is 1.81. The average Bonchev–Trinajstić information content (AvgIpc) is 2.90. The summed E-state index contributed by atoms with van der Waals surface area (Å²) >= 11 is 5.97. The Morgan fingerprint density at radius 3 is 3.05 bits per heavy atom. The third-order valence-corrected chi connectivity index (χ3v) is 2.79. The molecule has 0 aliphatic carbocycles. The van der Waals surface area contributed by atoms with Gasteiger partial charge in [-0.3, -0.25) is 9.89 Å². The summed E-state index contributed by atoms with van der Waals surface area (Å²) < 4.78 is 5.38. The number of H-pyrrole nitrogens is 1. The number of carbonyl (C=O) groups excluding carboxylic acids is 1. The van der Waals surface area contributed by atoms with Crippen LogP contribution in [-0.4, -0.2) is 22.7 Å². The van der Waals surface area contributed by atoms with E-state index in [4.69, 9.17) is 16.3 Å². The Hall–Kier alpha value is -2.01. The molecule has 2 N–H and O–H groups in total. The third-order valence-electron chi connectivity index (χ3n) is 2.48. The summed E-state index contributed by atoms with van der Waals surface area (Å²) in [5.41, 5.74) is 1.86. The van der Waals surface area contributed by atoms with Gasteiger partial charge in [0.05, 0.1) is 17.3 Å². The van der Waals surface area contributed by atoms with Crippen LogP contribution in [0.4, 0.5) is 0 Å². The predicted molar refractivity (Wildman–Crippen MR) is 72.1 cm³/mol. The van der Waals surface area contributed by atoms with Crippen molar-refractivity contribution in [3.8, 4) is 5.75 Å². The first-order valence-corrected chi connectivity index (χ1v) is 6.17. The highest BCUT2D eigenvalue weighted by Crippen LogP contribution is 2.24. The van der Waals surface area contributed by atoms with Gasteiger partial charge in [0.25, 0.3) is 5.91 Å². The molecule has 1 aromatic heterocycles. The van der Waals surface area contributed by atoms with Crippen LogP contribution in [0.5, 0.6) is 5.75 Å². The lowest BCUT2D eigenvalue weighted by Gasteiger charge is -2.09. The Kier molecular flexibility index (Phi) is 4.41. The molecule has 0 spiro atoms. The maximum absolute atomic E-state index is 11.6. The van der Waals surface area contributed by atoms with Crippen molar-refractivity contribution in [2.24, 2.45) is 0 Å². The molecule has 0 radical (unpaired) electrons. The molecular formula is C13H14ClN3O2. The van der Waals surface area contributed by atoms with Gasteiger partial charge >= 0.3 is 0 Å². The van der Waals surface area contributed by atoms with Crippen LogP contribution < -0.4 is 10.1 Å². The fraction of sp³-hybridized carbons (Fsp3) is 0.231. The molecule has 0 unspecified atom stereocenters. The molecule has 100 valence electrons. The van der Waals surface area contributed by atoms with Gasteiger partial charge in [-0.05, 0) is 30.7 Å². The van der Waals surface area contributed by atoms with Crippen molar-refractivity contribution >= 4 is 17.5 Å². The van der Waals surface area contributed by atoms with Crippen molar-refractivity contribution in [1.82, 2.24) is 15.5 Å². The molecule has 2 rings (SSSR count). The lowest BCUT2D eigenvalue weighted by Crippen LogP contribution is -2.28. The van der Waals surface area contributed by atoms with Gasteiger partial charge in [0.1, 0.15) is 5.75 Å². The van der Waals surface area contributed by atoms with Crippen LogP contribution in [0.1, 0.15) is 11.3 Å². The minimum Gasteiger partial charge on any atom is -0.482 e. The van der Waals surface area contributed by atoms with Crippen LogP contribution in [0.3, 0.4) is 0 Å². The standard InChI is InChI=1S/C13H14ClN3O2/c1-9-2-3-11(14)12(6-9)19-8-13(18)15-7-10-4-5-16-17-10/h2-6H,7-8H2,1H3,(H,15,18)(H,16,17). The van der Waals surface area contributed by atoms with Gasteiger partial charge < -0.3 is 10.1 Å². The van der Waals surface area contributed by atoms with Crippen molar-refractivity contribution < 1.29 is 9.53 Å². The summed E-state index contributed by atoms with van der Waals surface area (Å²) in [4.78, 5) is 11.6. The molecule has 0 bridgehead atoms. The molecule has 0 aliphatic heterocycles. The van der Waals surface area contributed by atoms with Gasteiger partial charge in [0.2, 0.25) is 0 Å². The summed E-state index contributed by atoms with van der Waals surface area (Å²) in [6, 6.07) is 7.21. The highest BCUT2D eigenvalue weighted by Gasteiger charge is 2.06. The first-order chi connectivity index (χ1) is 9.15. The largest absolute Gasteiger partial charge is 0.482 e. The Bertz CT molecular complexity index is 555. The minimum atomic E-state index is -0.216. The van der Waals surface area contributed by atoms with Crippen molar-refractivity contribution in [2.75, 3.05) is 6.61 Å². The lowest BCUT2D eigenvalue weighted by molar-refractivity contribution is -0.123. The SMILES string of the molecule is Cc1ccc(Cl)c(OCC(=O)NCc2ccn[nH]2)c1. The van der Waals surface area contributed by atoms with E-state index in [1.807, 2.05) is 13.0 Å². The molecule has 1 aromatic carbocycles. The molecular weight excluding hydrogens is 266 g/mol. The number of aryl methyl sites for hydroxylation is 1. The summed E-state index contributed by atoms with van der Waals surface area (Å²) in [6.07, 6.45) is 1.63. The van der Waals surface area contributed by atoms with Crippen LogP contribution in [0.15, 0.2) is 30.5 Å². The van der Waals surface area contributed by atoms with Crippen molar-refractivity contribution in [1.29, 1.82) is 0 Å². The second-order valence-corrected chi connectivity index (χ2v) is 4.49. The van der Waals surface area contributed by atoms with E-state index in [0.29, 0.717) is 17.3 Å². The predicted octanol–water partition coefficient (Wildman–Crippen LogP) is 2.07. The van der Waals surface area contributed by atoms with Crippen LogP contribution in [0, 0.1) is 6.92 Å². The van der Waals surface area contributed by atoms with Gasteiger partial charge in [-0.1, -0.05) is 17.7 Å². The monoisotopic (exact) mass is 279 g/mol. The normalized spacial score (nSPS) is 10.2. The molecule has 1 amide bonds. The van der Waals surface area contributed by atoms with Gasteiger partial charge in [0, 0.05) is 6.20 Å². The molecule has 2 aromatic rings. The van der Waals surface area contributed by atoms with Crippen molar-refractivity contribution in [3.05, 3.63) is 46.7 Å². The second kappa shape index (κ2) is 6.24. The number of nitrogens with zero attached hydrogens (tertiary/aromatic N) is 1. The number of ether oxygens (including phenoxy) is 1. The number of aromatic amines is 1. The Morgan fingerprint density at radius 1 is 1.47 bits per heavy atom. The van der Waals surface area contributed by atoms with E-state index in [0.717, 1.165) is 11.3 Å². The topological polar surface area (TPSA) is 67.0 Å². The molecule has 0 saturated heterocycles. The summed E-state index contributed by atoms with van der Waals surface area (Å²) in [5, 5.41) is 9.75. The summed E-state index contributed by atoms with van der Waals surface area (Å²) in [6.45, 7) is 2.25. The summed E-state index contributed by atoms with van der Waals surface area (Å²) in [7, 11) is 0. The third kappa shape index (κ3) is 3.99. The van der Waals surface area contributed by atoms with E-state index >= 15 is 0 Å². The minimum absolute atomic E-state index is 0.0721. The number of benzene rings is 1. The van der Waals surface area contributed by atoms with E-state index < -0.39 is 0 Å². The Morgan fingerprint density at radius 2 is 2.32 bits per heavy atom. The fourth-order valence-electron chi connectivity index (χ4n) is 1.49. The van der Waals surface area contributed by atoms with Gasteiger partial charge in [-0.2, -0.15) is 5.10 Å². The maximum Gasteiger partial charge on any atom is 0.258 e. The second-order valence-electron chi connectivity index (χ2n) is 4.08. The quantitative estimate of drug-likeness (QED) is 0.880. The first-order valence-electron chi connectivity index (χ1n) is 5.79. The Labute approximate surface area is 115 Å². The number of carbonyl (C=O) groups is 1. The zero-order valence-electron chi connectivity index (χ0n) is 10.4. The van der Waals surface area contributed by atoms with E-state index in [2.05, 4.69) is 15.5 Å². The van der Waals surface area contributed by atoms with E-state index in [1.54, 1.807) is 24.4 Å². The van der Waals surface area contributed by atoms with Crippen LogP contribution in [0.2, 0.25) is 5.02 Å². The average molecular weight is 280 g/mol. The number of halogens is 1. The lowest BCUT2D eigenvalue weighted by atomic mass is 10.2. The van der Waals surface area contributed by atoms with Crippen molar-refractivity contribution in [2.45, 2.75) is 13.5 Å². The molecule has 0 atom stereocenters. The first kappa shape index (κ1) is 13.4. The van der Waals surface area contributed by atoms with E-state index in [9.17, 15) is 4.79 Å². The molecule has 0 saturated carbocycles. The molecule has 0 aliphatic rings. The smallest absolute Gasteiger partial charge is 0.258 e. The van der Waals surface area contributed by atoms with E-state index in [-0.39, 0.29) is 12.5 Å². The van der Waals surface area contributed by atoms with Gasteiger partial charge in [-0.25, -0.2) is 0 Å². The zero-order chi connectivity index (χ0) is 13.7. The van der Waals surface area contributed by atoms with Crippen molar-refractivity contribution in [3.63, 3.8) is 0 Å². The molecule has 1 heterocycles. The maximum atomic E-state index is 11.6. The number of nitrogens with one attached hydrogen (secondary N) is 2. The van der Waals surface area contributed by atoms with Crippen LogP contribution >= 0.6 is 11.6 Å². The highest BCUT2D eigenvalue weighted by atomic mass is 35.5. The number of aromatic nitrogens is 2. The molecule has 6 heteroatoms.